The Balaban J connectivity index is 2.18. The van der Waals surface area contributed by atoms with Crippen molar-refractivity contribution in [3.63, 3.8) is 0 Å². The topological polar surface area (TPSA) is 79.3 Å². The third-order valence-electron chi connectivity index (χ3n) is 3.52. The van der Waals surface area contributed by atoms with Crippen LogP contribution in [0.4, 0.5) is 0 Å². The van der Waals surface area contributed by atoms with E-state index < -0.39 is 17.9 Å². The van der Waals surface area contributed by atoms with Crippen LogP contribution in [-0.4, -0.2) is 22.0 Å². The highest BCUT2D eigenvalue weighted by Gasteiger charge is 2.23. The molecule has 1 atom stereocenters. The fraction of sp³-hybridized carbons (Fsp3) is 0.278. The fourth-order valence-electron chi connectivity index (χ4n) is 2.11. The molecule has 0 bridgehead atoms. The lowest BCUT2D eigenvalue weighted by molar-refractivity contribution is -0.139. The van der Waals surface area contributed by atoms with Crippen LogP contribution in [0.3, 0.4) is 0 Å². The second-order valence-corrected chi connectivity index (χ2v) is 6.34. The first-order valence-electron chi connectivity index (χ1n) is 7.34. The number of hydrogen-bond acceptors (Lipinski definition) is 3. The summed E-state index contributed by atoms with van der Waals surface area (Å²) >= 11 is 0. The molecule has 0 radical (unpaired) electrons. The number of hydrogen-bond donors (Lipinski definition) is 2. The maximum atomic E-state index is 12.3. The van der Waals surface area contributed by atoms with Crippen molar-refractivity contribution in [2.24, 2.45) is 0 Å². The van der Waals surface area contributed by atoms with Crippen molar-refractivity contribution in [3.05, 3.63) is 65.5 Å². The molecule has 5 nitrogen and oxygen atoms in total. The van der Waals surface area contributed by atoms with E-state index in [1.54, 1.807) is 42.6 Å². The minimum absolute atomic E-state index is 0.0599. The Morgan fingerprint density at radius 1 is 1.09 bits per heavy atom. The van der Waals surface area contributed by atoms with Gasteiger partial charge in [-0.05, 0) is 22.6 Å². The molecule has 2 N–H and O–H groups in total. The maximum Gasteiger partial charge on any atom is 0.330 e. The molecule has 0 saturated carbocycles. The number of rotatable bonds is 4. The summed E-state index contributed by atoms with van der Waals surface area (Å²) in [5, 5.41) is 11.8. The first kappa shape index (κ1) is 16.7. The molecule has 0 spiro atoms. The van der Waals surface area contributed by atoms with Gasteiger partial charge in [0.1, 0.15) is 5.69 Å². The van der Waals surface area contributed by atoms with Gasteiger partial charge in [0.15, 0.2) is 6.04 Å². The summed E-state index contributed by atoms with van der Waals surface area (Å²) in [5.74, 6) is -1.63. The first-order valence-corrected chi connectivity index (χ1v) is 7.34. The predicted molar refractivity (Wildman–Crippen MR) is 87.2 cm³/mol. The van der Waals surface area contributed by atoms with Gasteiger partial charge in [-0.15, -0.1) is 0 Å². The number of carbonyl (C=O) groups is 2. The molecular weight excluding hydrogens is 292 g/mol. The number of pyridine rings is 1. The molecule has 5 heteroatoms. The molecule has 0 aliphatic heterocycles. The average Bonchev–Trinajstić information content (AvgIpc) is 2.52. The van der Waals surface area contributed by atoms with E-state index in [4.69, 9.17) is 0 Å². The van der Waals surface area contributed by atoms with E-state index in [0.29, 0.717) is 5.56 Å². The summed E-state index contributed by atoms with van der Waals surface area (Å²) in [7, 11) is 0. The molecule has 120 valence electrons. The largest absolute Gasteiger partial charge is 0.479 e. The summed E-state index contributed by atoms with van der Waals surface area (Å²) in [4.78, 5) is 27.8. The van der Waals surface area contributed by atoms with Crippen LogP contribution in [0.1, 0.15) is 48.4 Å². The second-order valence-electron chi connectivity index (χ2n) is 6.34. The van der Waals surface area contributed by atoms with E-state index in [2.05, 4.69) is 31.1 Å². The van der Waals surface area contributed by atoms with Crippen LogP contribution < -0.4 is 5.32 Å². The number of amides is 1. The van der Waals surface area contributed by atoms with E-state index in [1.165, 1.54) is 0 Å². The minimum Gasteiger partial charge on any atom is -0.479 e. The number of carboxylic acid groups (broad SMARTS) is 1. The number of benzene rings is 1. The third kappa shape index (κ3) is 4.16. The zero-order chi connectivity index (χ0) is 17.0. The molecule has 23 heavy (non-hydrogen) atoms. The van der Waals surface area contributed by atoms with Crippen molar-refractivity contribution in [1.82, 2.24) is 10.3 Å². The van der Waals surface area contributed by atoms with Gasteiger partial charge >= 0.3 is 5.97 Å². The Hall–Kier alpha value is -2.69. The van der Waals surface area contributed by atoms with Gasteiger partial charge in [0.25, 0.3) is 5.91 Å². The standard InChI is InChI=1S/C18H20N2O3/c1-18(2,3)13-9-10-14(19-11-13)16(21)20-15(17(22)23)12-7-5-4-6-8-12/h4-11,15H,1-3H3,(H,20,21)(H,22,23). The highest BCUT2D eigenvalue weighted by Crippen LogP contribution is 2.21. The average molecular weight is 312 g/mol. The predicted octanol–water partition coefficient (Wildman–Crippen LogP) is 2.93. The zero-order valence-electron chi connectivity index (χ0n) is 13.4. The van der Waals surface area contributed by atoms with Crippen molar-refractivity contribution in [2.75, 3.05) is 0 Å². The van der Waals surface area contributed by atoms with Crippen LogP contribution in [0.2, 0.25) is 0 Å². The van der Waals surface area contributed by atoms with Gasteiger partial charge in [0.2, 0.25) is 0 Å². The Morgan fingerprint density at radius 3 is 2.22 bits per heavy atom. The summed E-state index contributed by atoms with van der Waals surface area (Å²) in [6, 6.07) is 10.9. The smallest absolute Gasteiger partial charge is 0.330 e. The van der Waals surface area contributed by atoms with E-state index in [0.717, 1.165) is 5.56 Å². The van der Waals surface area contributed by atoms with Crippen molar-refractivity contribution in [3.8, 4) is 0 Å². The fourth-order valence-corrected chi connectivity index (χ4v) is 2.11. The molecule has 1 unspecified atom stereocenters. The Kier molecular flexibility index (Phi) is 4.79. The number of aliphatic carboxylic acids is 1. The van der Waals surface area contributed by atoms with Gasteiger partial charge in [0.05, 0.1) is 0 Å². The molecule has 0 aliphatic rings. The van der Waals surface area contributed by atoms with Crippen LogP contribution in [0.5, 0.6) is 0 Å². The zero-order valence-corrected chi connectivity index (χ0v) is 13.4. The van der Waals surface area contributed by atoms with Crippen LogP contribution in [0, 0.1) is 0 Å². The highest BCUT2D eigenvalue weighted by molar-refractivity contribution is 5.95. The first-order chi connectivity index (χ1) is 10.8. The number of carboxylic acids is 1. The number of aromatic nitrogens is 1. The second kappa shape index (κ2) is 6.60. The van der Waals surface area contributed by atoms with Gasteiger partial charge in [-0.25, -0.2) is 4.79 Å². The van der Waals surface area contributed by atoms with Crippen molar-refractivity contribution in [2.45, 2.75) is 32.2 Å². The number of nitrogens with zero attached hydrogens (tertiary/aromatic N) is 1. The molecule has 1 heterocycles. The van der Waals surface area contributed by atoms with Gasteiger partial charge in [0, 0.05) is 6.20 Å². The van der Waals surface area contributed by atoms with Crippen molar-refractivity contribution in [1.29, 1.82) is 0 Å². The van der Waals surface area contributed by atoms with Crippen molar-refractivity contribution >= 4 is 11.9 Å². The van der Waals surface area contributed by atoms with Gasteiger partial charge < -0.3 is 10.4 Å². The Bertz CT molecular complexity index is 688. The summed E-state index contributed by atoms with van der Waals surface area (Å²) in [6.45, 7) is 6.17. The van der Waals surface area contributed by atoms with E-state index in [9.17, 15) is 14.7 Å². The maximum absolute atomic E-state index is 12.3. The van der Waals surface area contributed by atoms with Crippen molar-refractivity contribution < 1.29 is 14.7 Å². The summed E-state index contributed by atoms with van der Waals surface area (Å²) in [5.41, 5.74) is 1.65. The highest BCUT2D eigenvalue weighted by atomic mass is 16.4. The van der Waals surface area contributed by atoms with E-state index in [-0.39, 0.29) is 11.1 Å². The van der Waals surface area contributed by atoms with Crippen LogP contribution >= 0.6 is 0 Å². The van der Waals surface area contributed by atoms with Gasteiger partial charge in [-0.1, -0.05) is 57.2 Å². The summed E-state index contributed by atoms with van der Waals surface area (Å²) in [6.07, 6.45) is 1.65. The van der Waals surface area contributed by atoms with E-state index in [1.807, 2.05) is 6.07 Å². The molecule has 1 aromatic carbocycles. The van der Waals surface area contributed by atoms with Crippen LogP contribution in [0.15, 0.2) is 48.7 Å². The molecule has 2 rings (SSSR count). The monoisotopic (exact) mass is 312 g/mol. The lowest BCUT2D eigenvalue weighted by Gasteiger charge is -2.19. The molecule has 1 amide bonds. The van der Waals surface area contributed by atoms with Gasteiger partial charge in [-0.3, -0.25) is 9.78 Å². The quantitative estimate of drug-likeness (QED) is 0.909. The molecule has 0 saturated heterocycles. The summed E-state index contributed by atoms with van der Waals surface area (Å²) < 4.78 is 0. The normalized spacial score (nSPS) is 12.5. The minimum atomic E-state index is -1.11. The molecule has 1 aromatic heterocycles. The molecular formula is C18H20N2O3. The lowest BCUT2D eigenvalue weighted by atomic mass is 9.88. The molecule has 2 aromatic rings. The third-order valence-corrected chi connectivity index (χ3v) is 3.52. The lowest BCUT2D eigenvalue weighted by Crippen LogP contribution is -2.34. The number of carbonyl (C=O) groups excluding carboxylic acids is 1. The Labute approximate surface area is 135 Å². The van der Waals surface area contributed by atoms with Crippen LogP contribution in [0.25, 0.3) is 0 Å². The Morgan fingerprint density at radius 2 is 1.74 bits per heavy atom. The SMILES string of the molecule is CC(C)(C)c1ccc(C(=O)NC(C(=O)O)c2ccccc2)nc1. The van der Waals surface area contributed by atoms with Gasteiger partial charge in [-0.2, -0.15) is 0 Å². The van der Waals surface area contributed by atoms with Crippen LogP contribution in [-0.2, 0) is 10.2 Å². The molecule has 0 aliphatic carbocycles. The molecule has 0 fully saturated rings. The van der Waals surface area contributed by atoms with E-state index >= 15 is 0 Å². The number of nitrogens with one attached hydrogen (secondary N) is 1.